The van der Waals surface area contributed by atoms with E-state index in [2.05, 4.69) is 10.6 Å². The molecule has 2 aromatic rings. The van der Waals surface area contributed by atoms with E-state index in [-0.39, 0.29) is 29.6 Å². The molecule has 0 aliphatic heterocycles. The summed E-state index contributed by atoms with van der Waals surface area (Å²) in [6.45, 7) is 3.79. The summed E-state index contributed by atoms with van der Waals surface area (Å²) in [7, 11) is 0. The first-order chi connectivity index (χ1) is 11.9. The maximum Gasteiger partial charge on any atom is 0.282 e. The summed E-state index contributed by atoms with van der Waals surface area (Å²) < 4.78 is 0. The van der Waals surface area contributed by atoms with Crippen LogP contribution in [0.15, 0.2) is 48.5 Å². The zero-order valence-corrected chi connectivity index (χ0v) is 14.0. The number of anilines is 1. The molecular weight excluding hydrogens is 322 g/mol. The Labute approximate surface area is 145 Å². The number of rotatable bonds is 6. The van der Waals surface area contributed by atoms with Gasteiger partial charge in [-0.1, -0.05) is 38.1 Å². The summed E-state index contributed by atoms with van der Waals surface area (Å²) in [5, 5.41) is 16.4. The Balaban J connectivity index is 2.05. The summed E-state index contributed by atoms with van der Waals surface area (Å²) in [4.78, 5) is 34.3. The summed E-state index contributed by atoms with van der Waals surface area (Å²) in [5.41, 5.74) is 1.18. The molecule has 2 rings (SSSR count). The smallest absolute Gasteiger partial charge is 0.282 e. The predicted molar refractivity (Wildman–Crippen MR) is 94.2 cm³/mol. The number of carbonyl (C=O) groups excluding carboxylic acids is 2. The minimum atomic E-state index is -0.586. The first-order valence-corrected chi connectivity index (χ1v) is 7.80. The zero-order valence-electron chi connectivity index (χ0n) is 14.0. The summed E-state index contributed by atoms with van der Waals surface area (Å²) in [5.74, 6) is -0.757. The normalized spacial score (nSPS) is 10.4. The van der Waals surface area contributed by atoms with Gasteiger partial charge in [0, 0.05) is 24.2 Å². The fraction of sp³-hybridized carbons (Fsp3) is 0.222. The maximum absolute atomic E-state index is 12.2. The van der Waals surface area contributed by atoms with Crippen molar-refractivity contribution < 1.29 is 14.5 Å². The molecule has 7 heteroatoms. The van der Waals surface area contributed by atoms with Gasteiger partial charge in [0.2, 0.25) is 5.91 Å². The van der Waals surface area contributed by atoms with Gasteiger partial charge in [-0.25, -0.2) is 0 Å². The molecule has 2 N–H and O–H groups in total. The molecule has 130 valence electrons. The van der Waals surface area contributed by atoms with Crippen molar-refractivity contribution in [1.82, 2.24) is 5.32 Å². The lowest BCUT2D eigenvalue weighted by Gasteiger charge is -2.10. The Morgan fingerprint density at radius 3 is 2.52 bits per heavy atom. The molecule has 0 radical (unpaired) electrons. The number of nitro benzene ring substituents is 1. The van der Waals surface area contributed by atoms with Gasteiger partial charge in [-0.05, 0) is 23.8 Å². The monoisotopic (exact) mass is 341 g/mol. The van der Waals surface area contributed by atoms with Crippen LogP contribution in [-0.4, -0.2) is 16.7 Å². The van der Waals surface area contributed by atoms with Crippen molar-refractivity contribution in [3.8, 4) is 0 Å². The Morgan fingerprint density at radius 1 is 1.12 bits per heavy atom. The van der Waals surface area contributed by atoms with Crippen molar-refractivity contribution in [1.29, 1.82) is 0 Å². The van der Waals surface area contributed by atoms with Crippen LogP contribution in [-0.2, 0) is 11.3 Å². The van der Waals surface area contributed by atoms with Gasteiger partial charge in [0.25, 0.3) is 11.6 Å². The van der Waals surface area contributed by atoms with Crippen molar-refractivity contribution in [2.24, 2.45) is 5.92 Å². The van der Waals surface area contributed by atoms with E-state index in [1.165, 1.54) is 18.2 Å². The number of carbonyl (C=O) groups is 2. The molecule has 25 heavy (non-hydrogen) atoms. The van der Waals surface area contributed by atoms with Crippen LogP contribution in [0, 0.1) is 16.0 Å². The Bertz CT molecular complexity index is 802. The molecule has 0 saturated heterocycles. The number of hydrogen-bond donors (Lipinski definition) is 2. The predicted octanol–water partition coefficient (Wildman–Crippen LogP) is 3.12. The van der Waals surface area contributed by atoms with Crippen molar-refractivity contribution in [3.05, 3.63) is 69.8 Å². The van der Waals surface area contributed by atoms with Crippen LogP contribution >= 0.6 is 0 Å². The number of amides is 2. The average molecular weight is 341 g/mol. The second-order valence-electron chi connectivity index (χ2n) is 5.80. The molecule has 2 aromatic carbocycles. The van der Waals surface area contributed by atoms with Crippen LogP contribution in [0.25, 0.3) is 0 Å². The number of nitrogens with one attached hydrogen (secondary N) is 2. The highest BCUT2D eigenvalue weighted by Gasteiger charge is 2.18. The van der Waals surface area contributed by atoms with E-state index in [4.69, 9.17) is 0 Å². The third-order valence-corrected chi connectivity index (χ3v) is 3.52. The molecule has 0 bridgehead atoms. The van der Waals surface area contributed by atoms with Crippen molar-refractivity contribution in [2.45, 2.75) is 20.4 Å². The quantitative estimate of drug-likeness (QED) is 0.622. The molecule has 0 fully saturated rings. The second-order valence-corrected chi connectivity index (χ2v) is 5.80. The topological polar surface area (TPSA) is 101 Å². The van der Waals surface area contributed by atoms with E-state index in [1.807, 2.05) is 0 Å². The Hall–Kier alpha value is -3.22. The second kappa shape index (κ2) is 8.05. The largest absolute Gasteiger partial charge is 0.348 e. The number of nitrogens with zero attached hydrogens (tertiary/aromatic N) is 1. The molecule has 0 aliphatic carbocycles. The number of nitro groups is 1. The highest BCUT2D eigenvalue weighted by atomic mass is 16.6. The lowest BCUT2D eigenvalue weighted by molar-refractivity contribution is -0.385. The van der Waals surface area contributed by atoms with Crippen molar-refractivity contribution in [3.63, 3.8) is 0 Å². The van der Waals surface area contributed by atoms with E-state index in [9.17, 15) is 19.7 Å². The molecular formula is C18H19N3O4. The van der Waals surface area contributed by atoms with Gasteiger partial charge in [0.1, 0.15) is 5.56 Å². The first kappa shape index (κ1) is 18.1. The van der Waals surface area contributed by atoms with Gasteiger partial charge in [-0.3, -0.25) is 19.7 Å². The molecule has 0 aliphatic rings. The van der Waals surface area contributed by atoms with E-state index < -0.39 is 10.8 Å². The third-order valence-electron chi connectivity index (χ3n) is 3.52. The van der Waals surface area contributed by atoms with Gasteiger partial charge < -0.3 is 10.6 Å². The fourth-order valence-electron chi connectivity index (χ4n) is 2.15. The average Bonchev–Trinajstić information content (AvgIpc) is 2.59. The summed E-state index contributed by atoms with van der Waals surface area (Å²) in [6, 6.07) is 12.9. The van der Waals surface area contributed by atoms with E-state index >= 15 is 0 Å². The van der Waals surface area contributed by atoms with Crippen LogP contribution in [0.5, 0.6) is 0 Å². The highest BCUT2D eigenvalue weighted by Crippen LogP contribution is 2.18. The molecule has 0 unspecified atom stereocenters. The number of para-hydroxylation sites is 1. The van der Waals surface area contributed by atoms with Gasteiger partial charge in [0.05, 0.1) is 4.92 Å². The molecule has 0 heterocycles. The molecule has 0 spiro atoms. The molecule has 2 amide bonds. The molecule has 0 atom stereocenters. The van der Waals surface area contributed by atoms with Gasteiger partial charge in [-0.2, -0.15) is 0 Å². The lowest BCUT2D eigenvalue weighted by atomic mass is 10.1. The van der Waals surface area contributed by atoms with E-state index in [0.717, 1.165) is 5.56 Å². The van der Waals surface area contributed by atoms with Crippen molar-refractivity contribution in [2.75, 3.05) is 5.32 Å². The minimum Gasteiger partial charge on any atom is -0.348 e. The summed E-state index contributed by atoms with van der Waals surface area (Å²) >= 11 is 0. The number of benzene rings is 2. The highest BCUT2D eigenvalue weighted by molar-refractivity contribution is 5.98. The number of hydrogen-bond acceptors (Lipinski definition) is 4. The summed E-state index contributed by atoms with van der Waals surface area (Å²) in [6.07, 6.45) is 0. The molecule has 7 nitrogen and oxygen atoms in total. The van der Waals surface area contributed by atoms with Gasteiger partial charge in [-0.15, -0.1) is 0 Å². The van der Waals surface area contributed by atoms with Crippen LogP contribution in [0.4, 0.5) is 11.4 Å². The van der Waals surface area contributed by atoms with E-state index in [0.29, 0.717) is 5.69 Å². The van der Waals surface area contributed by atoms with Gasteiger partial charge >= 0.3 is 0 Å². The SMILES string of the molecule is CC(C)C(=O)Nc1cccc(CNC(=O)c2ccccc2[N+](=O)[O-])c1. The first-order valence-electron chi connectivity index (χ1n) is 7.80. The third kappa shape index (κ3) is 4.87. The van der Waals surface area contributed by atoms with Gasteiger partial charge in [0.15, 0.2) is 0 Å². The standard InChI is InChI=1S/C18H19N3O4/c1-12(2)17(22)20-14-7-5-6-13(10-14)11-19-18(23)15-8-3-4-9-16(15)21(24)25/h3-10,12H,11H2,1-2H3,(H,19,23)(H,20,22). The Kier molecular flexibility index (Phi) is 5.84. The maximum atomic E-state index is 12.2. The van der Waals surface area contributed by atoms with Crippen LogP contribution in [0.2, 0.25) is 0 Å². The zero-order chi connectivity index (χ0) is 18.4. The molecule has 0 aromatic heterocycles. The van der Waals surface area contributed by atoms with Crippen LogP contribution < -0.4 is 10.6 Å². The van der Waals surface area contributed by atoms with Crippen LogP contribution in [0.3, 0.4) is 0 Å². The Morgan fingerprint density at radius 2 is 1.84 bits per heavy atom. The molecule has 0 saturated carbocycles. The van der Waals surface area contributed by atoms with E-state index in [1.54, 1.807) is 44.2 Å². The van der Waals surface area contributed by atoms with Crippen molar-refractivity contribution >= 4 is 23.2 Å². The fourth-order valence-corrected chi connectivity index (χ4v) is 2.15. The minimum absolute atomic E-state index is 0.0109. The van der Waals surface area contributed by atoms with Crippen LogP contribution in [0.1, 0.15) is 29.8 Å². The lowest BCUT2D eigenvalue weighted by Crippen LogP contribution is -2.24.